The molecule has 0 aromatic heterocycles. The topological polar surface area (TPSA) is 55.6 Å². The van der Waals surface area contributed by atoms with Gasteiger partial charge in [-0.05, 0) is 25.5 Å². The third-order valence-corrected chi connectivity index (χ3v) is 2.76. The Morgan fingerprint density at radius 2 is 2.12 bits per heavy atom. The molecule has 0 unspecified atom stereocenters. The molecule has 0 aliphatic carbocycles. The van der Waals surface area contributed by atoms with Crippen LogP contribution in [-0.2, 0) is 16.2 Å². The van der Waals surface area contributed by atoms with E-state index in [1.54, 1.807) is 0 Å². The van der Waals surface area contributed by atoms with Gasteiger partial charge in [-0.15, -0.1) is 0 Å². The Labute approximate surface area is 94.9 Å². The van der Waals surface area contributed by atoms with Crippen LogP contribution in [0.5, 0.6) is 0 Å². The summed E-state index contributed by atoms with van der Waals surface area (Å²) in [5.41, 5.74) is 6.99. The third kappa shape index (κ3) is 1.88. The minimum absolute atomic E-state index is 0.00996. The van der Waals surface area contributed by atoms with Crippen molar-refractivity contribution in [3.05, 3.63) is 29.8 Å². The van der Waals surface area contributed by atoms with E-state index in [1.165, 1.54) is 5.06 Å². The molecular weight excluding hydrogens is 204 g/mol. The Kier molecular flexibility index (Phi) is 2.59. The zero-order valence-electron chi connectivity index (χ0n) is 9.56. The highest BCUT2D eigenvalue weighted by Gasteiger charge is 2.40. The lowest BCUT2D eigenvalue weighted by atomic mass is 9.95. The van der Waals surface area contributed by atoms with Crippen LogP contribution >= 0.6 is 0 Å². The number of hydrogen-bond donors (Lipinski definition) is 1. The lowest BCUT2D eigenvalue weighted by Gasteiger charge is -2.17. The SMILES string of the molecule is CC1(C)CON(Cc2ccccc2N)C1=O. The molecule has 1 aliphatic rings. The molecule has 4 heteroatoms. The Morgan fingerprint density at radius 1 is 1.44 bits per heavy atom. The lowest BCUT2D eigenvalue weighted by Crippen LogP contribution is -2.30. The molecule has 1 fully saturated rings. The number of carbonyl (C=O) groups is 1. The van der Waals surface area contributed by atoms with Crippen molar-refractivity contribution in [2.45, 2.75) is 20.4 Å². The van der Waals surface area contributed by atoms with E-state index in [1.807, 2.05) is 38.1 Å². The van der Waals surface area contributed by atoms with Gasteiger partial charge in [0.2, 0.25) is 0 Å². The van der Waals surface area contributed by atoms with Crippen LogP contribution in [0.25, 0.3) is 0 Å². The molecule has 0 atom stereocenters. The van der Waals surface area contributed by atoms with Crippen molar-refractivity contribution in [3.63, 3.8) is 0 Å². The van der Waals surface area contributed by atoms with E-state index < -0.39 is 5.41 Å². The van der Waals surface area contributed by atoms with Crippen molar-refractivity contribution >= 4 is 11.6 Å². The monoisotopic (exact) mass is 220 g/mol. The second kappa shape index (κ2) is 3.79. The molecular formula is C12H16N2O2. The maximum Gasteiger partial charge on any atom is 0.254 e. The summed E-state index contributed by atoms with van der Waals surface area (Å²) in [7, 11) is 0. The second-order valence-electron chi connectivity index (χ2n) is 4.70. The number of nitrogens with zero attached hydrogens (tertiary/aromatic N) is 1. The van der Waals surface area contributed by atoms with Gasteiger partial charge in [-0.1, -0.05) is 18.2 Å². The van der Waals surface area contributed by atoms with Gasteiger partial charge in [0.05, 0.1) is 18.6 Å². The molecule has 1 heterocycles. The molecule has 86 valence electrons. The number of hydrogen-bond acceptors (Lipinski definition) is 3. The summed E-state index contributed by atoms with van der Waals surface area (Å²) in [5, 5.41) is 1.39. The van der Waals surface area contributed by atoms with Crippen LogP contribution in [0.4, 0.5) is 5.69 Å². The van der Waals surface area contributed by atoms with Gasteiger partial charge in [-0.3, -0.25) is 9.63 Å². The van der Waals surface area contributed by atoms with Gasteiger partial charge < -0.3 is 5.73 Å². The van der Waals surface area contributed by atoms with Crippen molar-refractivity contribution in [1.82, 2.24) is 5.06 Å². The van der Waals surface area contributed by atoms with Gasteiger partial charge in [0.1, 0.15) is 0 Å². The highest BCUT2D eigenvalue weighted by atomic mass is 16.7. The summed E-state index contributed by atoms with van der Waals surface area (Å²) in [4.78, 5) is 17.3. The second-order valence-corrected chi connectivity index (χ2v) is 4.70. The molecule has 0 radical (unpaired) electrons. The number of carbonyl (C=O) groups excluding carboxylic acids is 1. The first-order valence-electron chi connectivity index (χ1n) is 5.29. The fourth-order valence-corrected chi connectivity index (χ4v) is 1.65. The van der Waals surface area contributed by atoms with E-state index in [9.17, 15) is 4.79 Å². The predicted molar refractivity (Wildman–Crippen MR) is 61.1 cm³/mol. The Morgan fingerprint density at radius 3 is 2.69 bits per heavy atom. The summed E-state index contributed by atoms with van der Waals surface area (Å²) >= 11 is 0. The number of hydroxylamine groups is 2. The van der Waals surface area contributed by atoms with Crippen molar-refractivity contribution in [3.8, 4) is 0 Å². The molecule has 4 nitrogen and oxygen atoms in total. The first-order valence-corrected chi connectivity index (χ1v) is 5.29. The number of para-hydroxylation sites is 1. The average Bonchev–Trinajstić information content (AvgIpc) is 2.49. The first-order chi connectivity index (χ1) is 7.50. The van der Waals surface area contributed by atoms with Crippen molar-refractivity contribution < 1.29 is 9.63 Å². The van der Waals surface area contributed by atoms with Gasteiger partial charge in [0.15, 0.2) is 0 Å². The first kappa shape index (κ1) is 11.0. The summed E-state index contributed by atoms with van der Waals surface area (Å²) in [6.07, 6.45) is 0. The molecule has 2 rings (SSSR count). The normalized spacial score (nSPS) is 19.1. The van der Waals surface area contributed by atoms with E-state index in [0.29, 0.717) is 18.8 Å². The summed E-state index contributed by atoms with van der Waals surface area (Å²) in [6.45, 7) is 4.60. The van der Waals surface area contributed by atoms with Crippen molar-refractivity contribution in [1.29, 1.82) is 0 Å². The molecule has 1 aliphatic heterocycles. The molecule has 0 saturated carbocycles. The van der Waals surface area contributed by atoms with Crippen LogP contribution in [0, 0.1) is 5.41 Å². The lowest BCUT2D eigenvalue weighted by molar-refractivity contribution is -0.165. The Bertz CT molecular complexity index is 415. The number of nitrogen functional groups attached to an aromatic ring is 1. The molecule has 1 amide bonds. The van der Waals surface area contributed by atoms with Gasteiger partial charge in [-0.2, -0.15) is 0 Å². The van der Waals surface area contributed by atoms with Crippen molar-refractivity contribution in [2.24, 2.45) is 5.41 Å². The fraction of sp³-hybridized carbons (Fsp3) is 0.417. The van der Waals surface area contributed by atoms with E-state index in [0.717, 1.165) is 5.56 Å². The van der Waals surface area contributed by atoms with Crippen LogP contribution in [0.2, 0.25) is 0 Å². The minimum atomic E-state index is -0.427. The summed E-state index contributed by atoms with van der Waals surface area (Å²) in [5.74, 6) is 0.00996. The standard InChI is InChI=1S/C12H16N2O2/c1-12(2)8-16-14(11(12)15)7-9-5-3-4-6-10(9)13/h3-6H,7-8,13H2,1-2H3. The molecule has 16 heavy (non-hydrogen) atoms. The van der Waals surface area contributed by atoms with Gasteiger partial charge in [0, 0.05) is 5.69 Å². The predicted octanol–water partition coefficient (Wildman–Crippen LogP) is 1.57. The highest BCUT2D eigenvalue weighted by molar-refractivity contribution is 5.82. The average molecular weight is 220 g/mol. The maximum atomic E-state index is 11.9. The van der Waals surface area contributed by atoms with Crippen molar-refractivity contribution in [2.75, 3.05) is 12.3 Å². The van der Waals surface area contributed by atoms with Crippen LogP contribution in [0.3, 0.4) is 0 Å². The molecule has 0 bridgehead atoms. The molecule has 1 saturated heterocycles. The zero-order valence-corrected chi connectivity index (χ0v) is 9.56. The van der Waals surface area contributed by atoms with Gasteiger partial charge >= 0.3 is 0 Å². The summed E-state index contributed by atoms with van der Waals surface area (Å²) < 4.78 is 0. The summed E-state index contributed by atoms with van der Waals surface area (Å²) in [6, 6.07) is 7.49. The minimum Gasteiger partial charge on any atom is -0.398 e. The van der Waals surface area contributed by atoms with Crippen LogP contribution < -0.4 is 5.73 Å². The maximum absolute atomic E-state index is 11.9. The van der Waals surface area contributed by atoms with E-state index in [2.05, 4.69) is 0 Å². The van der Waals surface area contributed by atoms with E-state index in [-0.39, 0.29) is 5.91 Å². The van der Waals surface area contributed by atoms with Gasteiger partial charge in [0.25, 0.3) is 5.91 Å². The number of amides is 1. The smallest absolute Gasteiger partial charge is 0.254 e. The molecule has 1 aromatic rings. The molecule has 1 aromatic carbocycles. The van der Waals surface area contributed by atoms with Gasteiger partial charge in [-0.25, -0.2) is 5.06 Å². The van der Waals surface area contributed by atoms with Crippen LogP contribution in [0.15, 0.2) is 24.3 Å². The van der Waals surface area contributed by atoms with Crippen LogP contribution in [-0.4, -0.2) is 17.6 Å². The number of anilines is 1. The number of nitrogens with two attached hydrogens (primary N) is 1. The highest BCUT2D eigenvalue weighted by Crippen LogP contribution is 2.28. The quantitative estimate of drug-likeness (QED) is 0.770. The van der Waals surface area contributed by atoms with E-state index in [4.69, 9.17) is 10.6 Å². The number of rotatable bonds is 2. The largest absolute Gasteiger partial charge is 0.398 e. The Hall–Kier alpha value is -1.55. The number of benzene rings is 1. The molecule has 2 N–H and O–H groups in total. The fourth-order valence-electron chi connectivity index (χ4n) is 1.65. The zero-order chi connectivity index (χ0) is 11.8. The van der Waals surface area contributed by atoms with E-state index >= 15 is 0 Å². The Balaban J connectivity index is 2.13. The van der Waals surface area contributed by atoms with Crippen LogP contribution in [0.1, 0.15) is 19.4 Å². The molecule has 0 spiro atoms. The third-order valence-electron chi connectivity index (χ3n) is 2.76.